The van der Waals surface area contributed by atoms with Gasteiger partial charge in [-0.2, -0.15) is 0 Å². The van der Waals surface area contributed by atoms with Crippen molar-refractivity contribution >= 4 is 26.6 Å². The lowest BCUT2D eigenvalue weighted by molar-refractivity contribution is 0.292. The molecule has 6 nitrogen and oxygen atoms in total. The number of aromatic nitrogens is 2. The van der Waals surface area contributed by atoms with Crippen LogP contribution in [0.1, 0.15) is 43.7 Å². The number of anilines is 1. The van der Waals surface area contributed by atoms with Gasteiger partial charge in [-0.1, -0.05) is 18.9 Å². The molecule has 1 aliphatic heterocycles. The van der Waals surface area contributed by atoms with Crippen molar-refractivity contribution in [2.45, 2.75) is 44.6 Å². The van der Waals surface area contributed by atoms with Crippen LogP contribution in [0.4, 0.5) is 10.1 Å². The number of sulfone groups is 1. The zero-order chi connectivity index (χ0) is 23.7. The van der Waals surface area contributed by atoms with Crippen molar-refractivity contribution in [3.05, 3.63) is 47.9 Å². The summed E-state index contributed by atoms with van der Waals surface area (Å²) in [6.07, 6.45) is 9.03. The fourth-order valence-electron chi connectivity index (χ4n) is 5.36. The molecule has 2 aromatic heterocycles. The molecular formula is C26H33FN4O2S. The summed E-state index contributed by atoms with van der Waals surface area (Å²) in [7, 11) is -1.13. The molecule has 5 rings (SSSR count). The van der Waals surface area contributed by atoms with Crippen LogP contribution in [0.5, 0.6) is 0 Å². The second kappa shape index (κ2) is 9.66. The van der Waals surface area contributed by atoms with E-state index in [1.165, 1.54) is 36.6 Å². The summed E-state index contributed by atoms with van der Waals surface area (Å²) >= 11 is 0. The van der Waals surface area contributed by atoms with E-state index in [0.717, 1.165) is 36.3 Å². The summed E-state index contributed by atoms with van der Waals surface area (Å²) in [5.41, 5.74) is 4.32. The largest absolute Gasteiger partial charge is 0.386 e. The molecule has 0 bridgehead atoms. The van der Waals surface area contributed by atoms with E-state index in [1.54, 1.807) is 19.2 Å². The van der Waals surface area contributed by atoms with Crippen molar-refractivity contribution in [2.24, 2.45) is 0 Å². The molecule has 1 saturated carbocycles. The lowest BCUT2D eigenvalue weighted by atomic mass is 10.1. The third-order valence-electron chi connectivity index (χ3n) is 7.37. The number of hydrogen-bond acceptors (Lipinski definition) is 5. The van der Waals surface area contributed by atoms with Crippen LogP contribution in [0.3, 0.4) is 0 Å². The van der Waals surface area contributed by atoms with Crippen LogP contribution in [-0.4, -0.2) is 61.1 Å². The van der Waals surface area contributed by atoms with E-state index in [0.29, 0.717) is 24.8 Å². The third-order valence-corrected chi connectivity index (χ3v) is 8.98. The van der Waals surface area contributed by atoms with Gasteiger partial charge in [0.25, 0.3) is 0 Å². The molecule has 0 unspecified atom stereocenters. The first-order chi connectivity index (χ1) is 16.4. The smallest absolute Gasteiger partial charge is 0.152 e. The molecule has 2 fully saturated rings. The Morgan fingerprint density at radius 1 is 1.12 bits per heavy atom. The van der Waals surface area contributed by atoms with Gasteiger partial charge in [0, 0.05) is 43.3 Å². The van der Waals surface area contributed by atoms with Crippen molar-refractivity contribution in [1.29, 1.82) is 0 Å². The molecule has 0 amide bonds. The SMILES string of the molecule is CNc1ccc(-c2ccc3c(CCCN4CCS(=O)(=O)CC4)cn(C4CCCC4)c3n2)cc1F. The van der Waals surface area contributed by atoms with Gasteiger partial charge in [-0.15, -0.1) is 0 Å². The number of benzene rings is 1. The molecule has 0 radical (unpaired) electrons. The van der Waals surface area contributed by atoms with Gasteiger partial charge in [0.05, 0.1) is 22.9 Å². The van der Waals surface area contributed by atoms with Crippen molar-refractivity contribution in [3.8, 4) is 11.3 Å². The molecule has 34 heavy (non-hydrogen) atoms. The normalized spacial score (nSPS) is 19.1. The van der Waals surface area contributed by atoms with Crippen LogP contribution in [-0.2, 0) is 16.3 Å². The molecule has 1 saturated heterocycles. The summed E-state index contributed by atoms with van der Waals surface area (Å²) in [6.45, 7) is 2.19. The van der Waals surface area contributed by atoms with Gasteiger partial charge in [-0.25, -0.2) is 17.8 Å². The van der Waals surface area contributed by atoms with E-state index >= 15 is 0 Å². The number of halogens is 1. The van der Waals surface area contributed by atoms with Gasteiger partial charge in [0.2, 0.25) is 0 Å². The fraction of sp³-hybridized carbons (Fsp3) is 0.500. The molecule has 2 aliphatic rings. The number of nitrogens with one attached hydrogen (secondary N) is 1. The molecule has 8 heteroatoms. The Morgan fingerprint density at radius 2 is 1.88 bits per heavy atom. The zero-order valence-electron chi connectivity index (χ0n) is 19.8. The van der Waals surface area contributed by atoms with E-state index < -0.39 is 9.84 Å². The maximum atomic E-state index is 14.4. The number of hydrogen-bond donors (Lipinski definition) is 1. The fourth-order valence-corrected chi connectivity index (χ4v) is 6.64. The van der Waals surface area contributed by atoms with Gasteiger partial charge in [-0.3, -0.25) is 0 Å². The lowest BCUT2D eigenvalue weighted by Crippen LogP contribution is -2.40. The first-order valence-electron chi connectivity index (χ1n) is 12.3. The topological polar surface area (TPSA) is 67.2 Å². The molecular weight excluding hydrogens is 451 g/mol. The highest BCUT2D eigenvalue weighted by Crippen LogP contribution is 2.35. The Hall–Kier alpha value is -2.45. The van der Waals surface area contributed by atoms with Gasteiger partial charge in [0.15, 0.2) is 9.84 Å². The Balaban J connectivity index is 1.39. The molecule has 1 aromatic carbocycles. The molecule has 1 aliphatic carbocycles. The quantitative estimate of drug-likeness (QED) is 0.528. The summed E-state index contributed by atoms with van der Waals surface area (Å²) in [5.74, 6) is 0.270. The summed E-state index contributed by atoms with van der Waals surface area (Å²) < 4.78 is 40.1. The Kier molecular flexibility index (Phi) is 6.62. The predicted octanol–water partition coefficient (Wildman–Crippen LogP) is 4.66. The lowest BCUT2D eigenvalue weighted by Gasteiger charge is -2.26. The van der Waals surface area contributed by atoms with Gasteiger partial charge in [-0.05, 0) is 62.1 Å². The van der Waals surface area contributed by atoms with Crippen LogP contribution in [0.25, 0.3) is 22.3 Å². The number of rotatable bonds is 7. The number of nitrogens with zero attached hydrogens (tertiary/aromatic N) is 3. The Morgan fingerprint density at radius 3 is 2.59 bits per heavy atom. The maximum Gasteiger partial charge on any atom is 0.152 e. The highest BCUT2D eigenvalue weighted by molar-refractivity contribution is 7.91. The standard InChI is InChI=1S/C26H33FN4O2S/c1-28-25-10-8-19(17-23(25)27)24-11-9-22-20(5-4-12-30-13-15-34(32,33)16-14-30)18-31(26(22)29-24)21-6-2-3-7-21/h8-11,17-18,21,28H,2-7,12-16H2,1H3. The highest BCUT2D eigenvalue weighted by atomic mass is 32.2. The molecule has 3 aromatic rings. The maximum absolute atomic E-state index is 14.4. The van der Waals surface area contributed by atoms with E-state index in [-0.39, 0.29) is 17.3 Å². The average molecular weight is 485 g/mol. The van der Waals surface area contributed by atoms with E-state index in [2.05, 4.69) is 27.0 Å². The monoisotopic (exact) mass is 484 g/mol. The predicted molar refractivity (Wildman–Crippen MR) is 136 cm³/mol. The second-order valence-corrected chi connectivity index (χ2v) is 11.9. The Labute approximate surface area is 201 Å². The summed E-state index contributed by atoms with van der Waals surface area (Å²) in [6, 6.07) is 9.80. The van der Waals surface area contributed by atoms with Crippen molar-refractivity contribution in [2.75, 3.05) is 43.5 Å². The average Bonchev–Trinajstić information content (AvgIpc) is 3.48. The van der Waals surface area contributed by atoms with Gasteiger partial charge < -0.3 is 14.8 Å². The molecule has 0 spiro atoms. The third kappa shape index (κ3) is 4.84. The molecule has 182 valence electrons. The first kappa shape index (κ1) is 23.3. The van der Waals surface area contributed by atoms with E-state index in [9.17, 15) is 12.8 Å². The van der Waals surface area contributed by atoms with Crippen LogP contribution in [0.15, 0.2) is 36.5 Å². The van der Waals surface area contributed by atoms with Gasteiger partial charge >= 0.3 is 0 Å². The van der Waals surface area contributed by atoms with Crippen LogP contribution in [0, 0.1) is 5.82 Å². The van der Waals surface area contributed by atoms with Crippen molar-refractivity contribution in [3.63, 3.8) is 0 Å². The van der Waals surface area contributed by atoms with Crippen LogP contribution >= 0.6 is 0 Å². The van der Waals surface area contributed by atoms with Crippen LogP contribution < -0.4 is 5.32 Å². The minimum absolute atomic E-state index is 0.274. The summed E-state index contributed by atoms with van der Waals surface area (Å²) in [4.78, 5) is 7.28. The minimum Gasteiger partial charge on any atom is -0.386 e. The second-order valence-electron chi connectivity index (χ2n) is 9.61. The first-order valence-corrected chi connectivity index (χ1v) is 14.2. The molecule has 1 N–H and O–H groups in total. The molecule has 3 heterocycles. The number of pyridine rings is 1. The van der Waals surface area contributed by atoms with Crippen molar-refractivity contribution in [1.82, 2.24) is 14.5 Å². The minimum atomic E-state index is -2.84. The van der Waals surface area contributed by atoms with E-state index in [4.69, 9.17) is 4.98 Å². The van der Waals surface area contributed by atoms with E-state index in [1.807, 2.05) is 12.1 Å². The van der Waals surface area contributed by atoms with Crippen LogP contribution in [0.2, 0.25) is 0 Å². The van der Waals surface area contributed by atoms with Gasteiger partial charge in [0.1, 0.15) is 11.5 Å². The number of aryl methyl sites for hydroxylation is 1. The summed E-state index contributed by atoms with van der Waals surface area (Å²) in [5, 5.41) is 4.04. The van der Waals surface area contributed by atoms with Crippen molar-refractivity contribution < 1.29 is 12.8 Å². The highest BCUT2D eigenvalue weighted by Gasteiger charge is 2.23. The Bertz CT molecular complexity index is 1270. The number of fused-ring (bicyclic) bond motifs is 1. The molecule has 0 atom stereocenters. The zero-order valence-corrected chi connectivity index (χ0v) is 20.6.